The minimum absolute atomic E-state index is 0.0895. The van der Waals surface area contributed by atoms with E-state index in [1.165, 1.54) is 6.42 Å². The standard InChI is InChI=1S/C20H39NO6/c1-20(2,3)10-6-4-5-9-17(24)21-11-7-8-12-26-19-18(25)16(23)13-15(14-22)27-19/h15-16,18-19,22-23,25H,4-14H2,1-3H3,(H,21,24)/t15-,16-,18-,19-/m0/s1. The van der Waals surface area contributed by atoms with Gasteiger partial charge in [-0.2, -0.15) is 0 Å². The van der Waals surface area contributed by atoms with Gasteiger partial charge >= 0.3 is 0 Å². The lowest BCUT2D eigenvalue weighted by Gasteiger charge is -2.36. The van der Waals surface area contributed by atoms with Gasteiger partial charge in [-0.25, -0.2) is 0 Å². The molecule has 160 valence electrons. The Morgan fingerprint density at radius 1 is 1.15 bits per heavy atom. The SMILES string of the molecule is CC(C)(C)CCCCCC(=O)NCCCCO[C@H]1O[C@H](CO)C[C@H](O)[C@@H]1O. The molecule has 0 aromatic heterocycles. The first-order chi connectivity index (χ1) is 12.7. The van der Waals surface area contributed by atoms with E-state index in [1.807, 2.05) is 0 Å². The Bertz CT molecular complexity index is 412. The summed E-state index contributed by atoms with van der Waals surface area (Å²) in [4.78, 5) is 11.8. The fourth-order valence-corrected chi connectivity index (χ4v) is 3.03. The zero-order valence-corrected chi connectivity index (χ0v) is 17.2. The third-order valence-corrected chi connectivity index (χ3v) is 4.71. The highest BCUT2D eigenvalue weighted by Crippen LogP contribution is 2.22. The first-order valence-corrected chi connectivity index (χ1v) is 10.2. The molecule has 0 spiro atoms. The van der Waals surface area contributed by atoms with Crippen molar-refractivity contribution in [2.24, 2.45) is 5.41 Å². The zero-order chi connectivity index (χ0) is 20.3. The molecule has 0 aromatic rings. The van der Waals surface area contributed by atoms with Gasteiger partial charge < -0.3 is 30.1 Å². The van der Waals surface area contributed by atoms with E-state index in [2.05, 4.69) is 26.1 Å². The third kappa shape index (κ3) is 11.0. The molecule has 1 aliphatic rings. The van der Waals surface area contributed by atoms with Crippen LogP contribution < -0.4 is 5.32 Å². The topological polar surface area (TPSA) is 108 Å². The second-order valence-electron chi connectivity index (χ2n) is 8.65. The molecule has 0 bridgehead atoms. The Hall–Kier alpha value is -0.730. The predicted molar refractivity (Wildman–Crippen MR) is 103 cm³/mol. The summed E-state index contributed by atoms with van der Waals surface area (Å²) in [6, 6.07) is 0. The van der Waals surface area contributed by atoms with Crippen LogP contribution in [-0.4, -0.2) is 65.6 Å². The number of hydrogen-bond donors (Lipinski definition) is 4. The smallest absolute Gasteiger partial charge is 0.219 e. The fraction of sp³-hybridized carbons (Fsp3) is 0.950. The van der Waals surface area contributed by atoms with Crippen LogP contribution in [0.15, 0.2) is 0 Å². The quantitative estimate of drug-likeness (QED) is 0.379. The highest BCUT2D eigenvalue weighted by molar-refractivity contribution is 5.75. The monoisotopic (exact) mass is 389 g/mol. The molecular weight excluding hydrogens is 350 g/mol. The molecule has 1 fully saturated rings. The largest absolute Gasteiger partial charge is 0.394 e. The fourth-order valence-electron chi connectivity index (χ4n) is 3.03. The van der Waals surface area contributed by atoms with Gasteiger partial charge in [-0.1, -0.05) is 33.6 Å². The molecule has 1 rings (SSSR count). The molecule has 0 aliphatic carbocycles. The van der Waals surface area contributed by atoms with Crippen LogP contribution in [0, 0.1) is 5.41 Å². The minimum Gasteiger partial charge on any atom is -0.394 e. The van der Waals surface area contributed by atoms with Gasteiger partial charge in [-0.15, -0.1) is 0 Å². The Balaban J connectivity index is 2.01. The van der Waals surface area contributed by atoms with Crippen molar-refractivity contribution in [3.8, 4) is 0 Å². The number of carbonyl (C=O) groups excluding carboxylic acids is 1. The first kappa shape index (κ1) is 24.3. The van der Waals surface area contributed by atoms with Crippen molar-refractivity contribution < 1.29 is 29.6 Å². The maximum atomic E-state index is 11.8. The van der Waals surface area contributed by atoms with Gasteiger partial charge in [-0.3, -0.25) is 4.79 Å². The number of aliphatic hydroxyl groups excluding tert-OH is 3. The van der Waals surface area contributed by atoms with Gasteiger partial charge in [0.2, 0.25) is 5.91 Å². The van der Waals surface area contributed by atoms with E-state index in [9.17, 15) is 15.0 Å². The molecule has 27 heavy (non-hydrogen) atoms. The normalized spacial score (nSPS) is 26.1. The molecule has 0 saturated carbocycles. The third-order valence-electron chi connectivity index (χ3n) is 4.71. The van der Waals surface area contributed by atoms with Gasteiger partial charge in [0.1, 0.15) is 6.10 Å². The van der Waals surface area contributed by atoms with Gasteiger partial charge in [0.15, 0.2) is 6.29 Å². The number of unbranched alkanes of at least 4 members (excludes halogenated alkanes) is 3. The van der Waals surface area contributed by atoms with Crippen molar-refractivity contribution in [2.75, 3.05) is 19.8 Å². The Labute approximate surface area is 163 Å². The average molecular weight is 390 g/mol. The summed E-state index contributed by atoms with van der Waals surface area (Å²) < 4.78 is 10.9. The molecule has 7 heteroatoms. The second-order valence-corrected chi connectivity index (χ2v) is 8.65. The lowest BCUT2D eigenvalue weighted by molar-refractivity contribution is -0.271. The molecule has 1 amide bonds. The maximum absolute atomic E-state index is 11.8. The van der Waals surface area contributed by atoms with Crippen LogP contribution in [0.25, 0.3) is 0 Å². The molecule has 1 saturated heterocycles. The van der Waals surface area contributed by atoms with Crippen molar-refractivity contribution in [3.05, 3.63) is 0 Å². The molecule has 4 atom stereocenters. The number of amides is 1. The van der Waals surface area contributed by atoms with E-state index < -0.39 is 24.6 Å². The van der Waals surface area contributed by atoms with Crippen molar-refractivity contribution in [2.45, 2.75) is 96.7 Å². The summed E-state index contributed by atoms with van der Waals surface area (Å²) in [6.45, 7) is 7.44. The Kier molecular flexibility index (Phi) is 11.4. The molecule has 0 aromatic carbocycles. The van der Waals surface area contributed by atoms with E-state index in [0.717, 1.165) is 25.7 Å². The summed E-state index contributed by atoms with van der Waals surface area (Å²) >= 11 is 0. The number of rotatable bonds is 12. The summed E-state index contributed by atoms with van der Waals surface area (Å²) in [5, 5.41) is 31.6. The lowest BCUT2D eigenvalue weighted by atomic mass is 9.89. The van der Waals surface area contributed by atoms with Crippen LogP contribution in [0.3, 0.4) is 0 Å². The Morgan fingerprint density at radius 3 is 2.56 bits per heavy atom. The molecular formula is C20H39NO6. The molecule has 1 aliphatic heterocycles. The van der Waals surface area contributed by atoms with Crippen molar-refractivity contribution in [1.82, 2.24) is 5.32 Å². The average Bonchev–Trinajstić information content (AvgIpc) is 2.59. The summed E-state index contributed by atoms with van der Waals surface area (Å²) in [5.41, 5.74) is 0.361. The van der Waals surface area contributed by atoms with Crippen LogP contribution >= 0.6 is 0 Å². The Morgan fingerprint density at radius 2 is 1.89 bits per heavy atom. The van der Waals surface area contributed by atoms with Crippen LogP contribution in [0.5, 0.6) is 0 Å². The maximum Gasteiger partial charge on any atom is 0.219 e. The summed E-state index contributed by atoms with van der Waals surface area (Å²) in [7, 11) is 0. The van der Waals surface area contributed by atoms with Crippen LogP contribution in [0.2, 0.25) is 0 Å². The molecule has 7 nitrogen and oxygen atoms in total. The first-order valence-electron chi connectivity index (χ1n) is 10.2. The van der Waals surface area contributed by atoms with Gasteiger partial charge in [-0.05, 0) is 31.1 Å². The lowest BCUT2D eigenvalue weighted by Crippen LogP contribution is -2.50. The minimum atomic E-state index is -1.11. The number of aliphatic hydroxyl groups is 3. The zero-order valence-electron chi connectivity index (χ0n) is 17.2. The summed E-state index contributed by atoms with van der Waals surface area (Å²) in [6.07, 6.45) is 3.10. The number of carbonyl (C=O) groups is 1. The molecule has 4 N–H and O–H groups in total. The van der Waals surface area contributed by atoms with E-state index in [0.29, 0.717) is 31.4 Å². The summed E-state index contributed by atoms with van der Waals surface area (Å²) in [5.74, 6) is 0.0895. The van der Waals surface area contributed by atoms with Crippen LogP contribution in [0.1, 0.15) is 72.1 Å². The van der Waals surface area contributed by atoms with E-state index in [-0.39, 0.29) is 18.9 Å². The van der Waals surface area contributed by atoms with Crippen molar-refractivity contribution >= 4 is 5.91 Å². The van der Waals surface area contributed by atoms with Gasteiger partial charge in [0.25, 0.3) is 0 Å². The van der Waals surface area contributed by atoms with Crippen LogP contribution in [-0.2, 0) is 14.3 Å². The highest BCUT2D eigenvalue weighted by Gasteiger charge is 2.36. The predicted octanol–water partition coefficient (Wildman–Crippen LogP) is 1.73. The number of nitrogens with one attached hydrogen (secondary N) is 1. The second kappa shape index (κ2) is 12.7. The van der Waals surface area contributed by atoms with Crippen LogP contribution in [0.4, 0.5) is 0 Å². The number of ether oxygens (including phenoxy) is 2. The molecule has 1 heterocycles. The highest BCUT2D eigenvalue weighted by atomic mass is 16.7. The van der Waals surface area contributed by atoms with Gasteiger partial charge in [0, 0.05) is 26.0 Å². The van der Waals surface area contributed by atoms with Crippen molar-refractivity contribution in [1.29, 1.82) is 0 Å². The van der Waals surface area contributed by atoms with Gasteiger partial charge in [0.05, 0.1) is 18.8 Å². The van der Waals surface area contributed by atoms with E-state index in [1.54, 1.807) is 0 Å². The van der Waals surface area contributed by atoms with E-state index >= 15 is 0 Å². The molecule has 0 radical (unpaired) electrons. The van der Waals surface area contributed by atoms with E-state index in [4.69, 9.17) is 14.6 Å². The number of hydrogen-bond acceptors (Lipinski definition) is 6. The van der Waals surface area contributed by atoms with Crippen molar-refractivity contribution in [3.63, 3.8) is 0 Å². The molecule has 0 unspecified atom stereocenters.